The van der Waals surface area contributed by atoms with Gasteiger partial charge in [0.25, 0.3) is 0 Å². The van der Waals surface area contributed by atoms with Gasteiger partial charge in [-0.1, -0.05) is 20.8 Å². The van der Waals surface area contributed by atoms with Crippen molar-refractivity contribution in [2.75, 3.05) is 26.2 Å². The fourth-order valence-corrected chi connectivity index (χ4v) is 3.34. The van der Waals surface area contributed by atoms with Gasteiger partial charge in [0, 0.05) is 32.2 Å². The molecule has 1 fully saturated rings. The number of hydrogen-bond donors (Lipinski definition) is 1. The van der Waals surface area contributed by atoms with E-state index in [4.69, 9.17) is 0 Å². The lowest BCUT2D eigenvalue weighted by Gasteiger charge is -2.43. The van der Waals surface area contributed by atoms with Gasteiger partial charge in [-0.15, -0.1) is 0 Å². The topological polar surface area (TPSA) is 15.3 Å². The molecule has 142 valence electrons. The molecule has 1 heterocycles. The minimum absolute atomic E-state index is 0.0524. The third-order valence-electron chi connectivity index (χ3n) is 4.26. The summed E-state index contributed by atoms with van der Waals surface area (Å²) in [6.07, 6.45) is -9.66. The van der Waals surface area contributed by atoms with Gasteiger partial charge in [0.2, 0.25) is 0 Å². The maximum Gasteiger partial charge on any atom is 0.416 e. The van der Waals surface area contributed by atoms with Crippen LogP contribution in [0.25, 0.3) is 0 Å². The average molecular weight is 368 g/mol. The summed E-state index contributed by atoms with van der Waals surface area (Å²) in [6, 6.07) is 1.35. The summed E-state index contributed by atoms with van der Waals surface area (Å²) in [5.41, 5.74) is -3.00. The van der Waals surface area contributed by atoms with Crippen molar-refractivity contribution in [1.82, 2.24) is 10.2 Å². The Balaban J connectivity index is 2.59. The summed E-state index contributed by atoms with van der Waals surface area (Å²) >= 11 is 0. The molecule has 0 spiro atoms. The maximum absolute atomic E-state index is 13.1. The van der Waals surface area contributed by atoms with Crippen molar-refractivity contribution in [1.29, 1.82) is 0 Å². The third kappa shape index (κ3) is 4.88. The molecular weight excluding hydrogens is 346 g/mol. The summed E-state index contributed by atoms with van der Waals surface area (Å²) in [6.45, 7) is 7.92. The van der Waals surface area contributed by atoms with Crippen LogP contribution in [0.15, 0.2) is 18.2 Å². The monoisotopic (exact) mass is 368 g/mol. The quantitative estimate of drug-likeness (QED) is 0.760. The Kier molecular flexibility index (Phi) is 5.45. The predicted molar refractivity (Wildman–Crippen MR) is 83.1 cm³/mol. The molecule has 1 aliphatic heterocycles. The SMILES string of the molecule is CC(C)(C)[C@H](c1cc(C(F)(F)F)cc(C(F)(F)F)c1)N1CCNCC1. The smallest absolute Gasteiger partial charge is 0.314 e. The van der Waals surface area contributed by atoms with Gasteiger partial charge in [-0.2, -0.15) is 26.3 Å². The van der Waals surface area contributed by atoms with Crippen molar-refractivity contribution in [3.8, 4) is 0 Å². The summed E-state index contributed by atoms with van der Waals surface area (Å²) in [5.74, 6) is 0. The fraction of sp³-hybridized carbons (Fsp3) is 0.647. The largest absolute Gasteiger partial charge is 0.416 e. The van der Waals surface area contributed by atoms with E-state index < -0.39 is 34.9 Å². The Bertz CT molecular complexity index is 562. The molecule has 1 atom stereocenters. The number of rotatable bonds is 2. The van der Waals surface area contributed by atoms with Crippen LogP contribution in [-0.4, -0.2) is 31.1 Å². The van der Waals surface area contributed by atoms with Gasteiger partial charge in [-0.3, -0.25) is 4.90 Å². The lowest BCUT2D eigenvalue weighted by atomic mass is 9.80. The Hall–Kier alpha value is -1.28. The Morgan fingerprint density at radius 3 is 1.64 bits per heavy atom. The van der Waals surface area contributed by atoms with Crippen molar-refractivity contribution < 1.29 is 26.3 Å². The van der Waals surface area contributed by atoms with Crippen LogP contribution in [0.5, 0.6) is 0 Å². The first kappa shape index (κ1) is 20.0. The molecule has 0 saturated carbocycles. The van der Waals surface area contributed by atoms with Crippen molar-refractivity contribution in [2.24, 2.45) is 5.41 Å². The minimum atomic E-state index is -4.83. The highest BCUT2D eigenvalue weighted by molar-refractivity contribution is 5.36. The molecule has 1 aromatic rings. The zero-order valence-electron chi connectivity index (χ0n) is 14.4. The van der Waals surface area contributed by atoms with Gasteiger partial charge in [0.05, 0.1) is 11.1 Å². The van der Waals surface area contributed by atoms with Crippen LogP contribution >= 0.6 is 0 Å². The fourth-order valence-electron chi connectivity index (χ4n) is 3.34. The predicted octanol–water partition coefficient (Wildman–Crippen LogP) is 4.72. The van der Waals surface area contributed by atoms with Gasteiger partial charge in [0.1, 0.15) is 0 Å². The Morgan fingerprint density at radius 2 is 1.28 bits per heavy atom. The second-order valence-corrected chi connectivity index (χ2v) is 7.39. The highest BCUT2D eigenvalue weighted by atomic mass is 19.4. The zero-order valence-corrected chi connectivity index (χ0v) is 14.4. The second kappa shape index (κ2) is 6.79. The molecule has 2 rings (SSSR count). The zero-order chi connectivity index (χ0) is 19.0. The Labute approximate surface area is 143 Å². The first-order valence-electron chi connectivity index (χ1n) is 8.04. The maximum atomic E-state index is 13.1. The number of hydrogen-bond acceptors (Lipinski definition) is 2. The molecule has 2 nitrogen and oxygen atoms in total. The summed E-state index contributed by atoms with van der Waals surface area (Å²) < 4.78 is 78.9. The van der Waals surface area contributed by atoms with Crippen LogP contribution in [0.3, 0.4) is 0 Å². The van der Waals surface area contributed by atoms with Gasteiger partial charge >= 0.3 is 12.4 Å². The van der Waals surface area contributed by atoms with E-state index in [1.54, 1.807) is 0 Å². The van der Waals surface area contributed by atoms with Gasteiger partial charge in [0.15, 0.2) is 0 Å². The molecule has 1 aromatic carbocycles. The van der Waals surface area contributed by atoms with Crippen molar-refractivity contribution in [3.05, 3.63) is 34.9 Å². The first-order valence-corrected chi connectivity index (χ1v) is 8.04. The molecule has 0 aromatic heterocycles. The highest BCUT2D eigenvalue weighted by Crippen LogP contribution is 2.43. The molecule has 25 heavy (non-hydrogen) atoms. The summed E-state index contributed by atoms with van der Waals surface area (Å²) in [7, 11) is 0. The molecule has 1 saturated heterocycles. The molecule has 1 aliphatic rings. The van der Waals surface area contributed by atoms with Gasteiger partial charge in [-0.25, -0.2) is 0 Å². The molecule has 0 bridgehead atoms. The third-order valence-corrected chi connectivity index (χ3v) is 4.26. The number of piperazine rings is 1. The summed E-state index contributed by atoms with van der Waals surface area (Å²) in [4.78, 5) is 1.95. The highest BCUT2D eigenvalue weighted by Gasteiger charge is 2.40. The number of alkyl halides is 6. The molecule has 1 N–H and O–H groups in total. The van der Waals surface area contributed by atoms with E-state index in [1.165, 1.54) is 0 Å². The molecule has 8 heteroatoms. The minimum Gasteiger partial charge on any atom is -0.314 e. The molecule has 0 aliphatic carbocycles. The van der Waals surface area contributed by atoms with Crippen molar-refractivity contribution >= 4 is 0 Å². The van der Waals surface area contributed by atoms with E-state index in [9.17, 15) is 26.3 Å². The van der Waals surface area contributed by atoms with Crippen LogP contribution < -0.4 is 5.32 Å². The number of benzene rings is 1. The molecular formula is C17H22F6N2. The van der Waals surface area contributed by atoms with Crippen LogP contribution in [0, 0.1) is 5.41 Å². The van der Waals surface area contributed by atoms with E-state index in [-0.39, 0.29) is 11.6 Å². The second-order valence-electron chi connectivity index (χ2n) is 7.39. The van der Waals surface area contributed by atoms with Crippen LogP contribution in [-0.2, 0) is 12.4 Å². The number of nitrogens with zero attached hydrogens (tertiary/aromatic N) is 1. The standard InChI is InChI=1S/C17H22F6N2/c1-15(2,3)14(25-6-4-24-5-7-25)11-8-12(16(18,19)20)10-13(9-11)17(21,22)23/h8-10,14,24H,4-7H2,1-3H3/t14-/m0/s1. The molecule has 0 radical (unpaired) electrons. The van der Waals surface area contributed by atoms with Crippen LogP contribution in [0.1, 0.15) is 43.5 Å². The van der Waals surface area contributed by atoms with Gasteiger partial charge < -0.3 is 5.32 Å². The number of nitrogens with one attached hydrogen (secondary N) is 1. The first-order chi connectivity index (χ1) is 11.3. The van der Waals surface area contributed by atoms with E-state index in [0.717, 1.165) is 12.1 Å². The van der Waals surface area contributed by atoms with E-state index >= 15 is 0 Å². The van der Waals surface area contributed by atoms with Crippen molar-refractivity contribution in [2.45, 2.75) is 39.2 Å². The van der Waals surface area contributed by atoms with Gasteiger partial charge in [-0.05, 0) is 29.2 Å². The average Bonchev–Trinajstić information content (AvgIpc) is 2.45. The van der Waals surface area contributed by atoms with Crippen LogP contribution in [0.4, 0.5) is 26.3 Å². The number of halogens is 6. The lowest BCUT2D eigenvalue weighted by molar-refractivity contribution is -0.143. The van der Waals surface area contributed by atoms with Crippen LogP contribution in [0.2, 0.25) is 0 Å². The Morgan fingerprint density at radius 1 is 0.840 bits per heavy atom. The van der Waals surface area contributed by atoms with E-state index in [1.807, 2.05) is 25.7 Å². The lowest BCUT2D eigenvalue weighted by Crippen LogP contribution is -2.48. The van der Waals surface area contributed by atoms with Crippen molar-refractivity contribution in [3.63, 3.8) is 0 Å². The van der Waals surface area contributed by atoms with E-state index in [0.29, 0.717) is 26.2 Å². The summed E-state index contributed by atoms with van der Waals surface area (Å²) in [5, 5.41) is 3.14. The normalized spacial score (nSPS) is 19.1. The molecule has 0 unspecified atom stereocenters. The van der Waals surface area contributed by atoms with E-state index in [2.05, 4.69) is 5.32 Å². The molecule has 0 amide bonds.